The zero-order chi connectivity index (χ0) is 26.1. The van der Waals surface area contributed by atoms with Crippen LogP contribution >= 0.6 is 0 Å². The van der Waals surface area contributed by atoms with Crippen LogP contribution in [0, 0.1) is 11.3 Å². The molecule has 0 aliphatic heterocycles. The molecule has 0 saturated heterocycles. The molecule has 4 rings (SSSR count). The molecule has 0 amide bonds. The summed E-state index contributed by atoms with van der Waals surface area (Å²) in [6.45, 7) is 2.69. The van der Waals surface area contributed by atoms with Crippen molar-refractivity contribution >= 4 is 16.6 Å². The summed E-state index contributed by atoms with van der Waals surface area (Å²) < 4.78 is 46.8. The fourth-order valence-electron chi connectivity index (χ4n) is 3.93. The van der Waals surface area contributed by atoms with Gasteiger partial charge in [-0.3, -0.25) is 9.67 Å². The highest BCUT2D eigenvalue weighted by Gasteiger charge is 2.31. The molecular weight excluding hydrogens is 485 g/mol. The number of ether oxygens (including phenoxy) is 1. The van der Waals surface area contributed by atoms with Gasteiger partial charge < -0.3 is 15.4 Å². The molecule has 0 radical (unpaired) electrons. The molecule has 0 unspecified atom stereocenters. The smallest absolute Gasteiger partial charge is 0.382 e. The number of fused-ring (bicyclic) bond motifs is 1. The van der Waals surface area contributed by atoms with E-state index in [2.05, 4.69) is 31.0 Å². The molecule has 0 saturated carbocycles. The molecule has 0 aliphatic carbocycles. The number of aromatic amines is 1. The van der Waals surface area contributed by atoms with Gasteiger partial charge in [0.05, 0.1) is 42.1 Å². The average molecular weight is 513 g/mol. The van der Waals surface area contributed by atoms with E-state index in [1.54, 1.807) is 24.9 Å². The van der Waals surface area contributed by atoms with Crippen LogP contribution in [0.1, 0.15) is 29.5 Å². The number of alkyl halides is 3. The normalized spacial score (nSPS) is 11.6. The lowest BCUT2D eigenvalue weighted by atomic mass is 10.0. The van der Waals surface area contributed by atoms with E-state index in [4.69, 9.17) is 10.00 Å². The lowest BCUT2D eigenvalue weighted by Crippen LogP contribution is -2.17. The summed E-state index contributed by atoms with van der Waals surface area (Å²) in [7, 11) is 0. The molecule has 0 atom stereocenters. The number of H-pyrrole nitrogens is 1. The van der Waals surface area contributed by atoms with E-state index >= 15 is 0 Å². The second kappa shape index (κ2) is 12.3. The lowest BCUT2D eigenvalue weighted by Gasteiger charge is -2.12. The van der Waals surface area contributed by atoms with Gasteiger partial charge in [0.15, 0.2) is 0 Å². The number of aromatic nitrogens is 5. The van der Waals surface area contributed by atoms with E-state index in [9.17, 15) is 13.2 Å². The Labute approximate surface area is 211 Å². The number of benzene rings is 2. The maximum absolute atomic E-state index is 13.1. The summed E-state index contributed by atoms with van der Waals surface area (Å²) in [5.74, 6) is 0. The number of hydrogen-bond acceptors (Lipinski definition) is 7. The first-order valence-electron chi connectivity index (χ1n) is 11.9. The second-order valence-electron chi connectivity index (χ2n) is 8.49. The summed E-state index contributed by atoms with van der Waals surface area (Å²) >= 11 is 0. The number of hydrogen-bond donors (Lipinski definition) is 3. The Kier molecular flexibility index (Phi) is 8.71. The number of nitriles is 1. The van der Waals surface area contributed by atoms with Gasteiger partial charge in [-0.2, -0.15) is 23.5 Å². The Morgan fingerprint density at radius 1 is 1.00 bits per heavy atom. The minimum atomic E-state index is -4.43. The number of anilines is 1. The molecule has 0 fully saturated rings. The molecule has 37 heavy (non-hydrogen) atoms. The van der Waals surface area contributed by atoms with Crippen LogP contribution in [-0.2, 0) is 23.9 Å². The van der Waals surface area contributed by atoms with E-state index in [0.717, 1.165) is 47.3 Å². The van der Waals surface area contributed by atoms with E-state index in [1.165, 1.54) is 0 Å². The molecule has 4 aromatic rings. The summed E-state index contributed by atoms with van der Waals surface area (Å²) in [5.41, 5.74) is 2.89. The summed E-state index contributed by atoms with van der Waals surface area (Å²) in [4.78, 5) is 0. The second-order valence-corrected chi connectivity index (χ2v) is 8.49. The van der Waals surface area contributed by atoms with Gasteiger partial charge in [0, 0.05) is 30.8 Å². The Balaban J connectivity index is 1.14. The highest BCUT2D eigenvalue weighted by atomic mass is 19.4. The zero-order valence-corrected chi connectivity index (χ0v) is 20.1. The van der Waals surface area contributed by atoms with Crippen LogP contribution in [0.25, 0.3) is 16.6 Å². The average Bonchev–Trinajstić information content (AvgIpc) is 3.57. The molecule has 2 heterocycles. The fraction of sp³-hybridized carbons (Fsp3) is 0.360. The monoisotopic (exact) mass is 512 g/mol. The van der Waals surface area contributed by atoms with Gasteiger partial charge in [-0.15, -0.1) is 10.2 Å². The Bertz CT molecular complexity index is 1330. The van der Waals surface area contributed by atoms with E-state index in [1.807, 2.05) is 22.8 Å². The van der Waals surface area contributed by atoms with Gasteiger partial charge in [0.2, 0.25) is 0 Å². The first kappa shape index (κ1) is 26.1. The zero-order valence-electron chi connectivity index (χ0n) is 20.1. The van der Waals surface area contributed by atoms with E-state index in [0.29, 0.717) is 44.0 Å². The van der Waals surface area contributed by atoms with Gasteiger partial charge in [-0.05, 0) is 54.8 Å². The third kappa shape index (κ3) is 7.28. The summed E-state index contributed by atoms with van der Waals surface area (Å²) in [5, 5.41) is 31.1. The Hall–Kier alpha value is -3.95. The standard InChI is InChI=1S/C25H27F3N8O/c26-25(27,28)20-10-18(3-4-29)9-19(11-20)14-30-5-1-2-7-37-8-6-31-23-12-21(36-16-33-34-17-36)13-24-22(23)15-32-35-24/h9-13,15-17,30-31H,1-3,5-8,14H2,(H,32,35). The number of unbranched alkanes of at least 4 members (excludes halogenated alkanes) is 1. The maximum atomic E-state index is 13.1. The van der Waals surface area contributed by atoms with Crippen molar-refractivity contribution in [1.82, 2.24) is 30.3 Å². The first-order valence-corrected chi connectivity index (χ1v) is 11.9. The van der Waals surface area contributed by atoms with Crippen LogP contribution in [0.15, 0.2) is 49.2 Å². The summed E-state index contributed by atoms with van der Waals surface area (Å²) in [6.07, 6.45) is 2.19. The molecule has 2 aromatic carbocycles. The number of halogens is 3. The van der Waals surface area contributed by atoms with Crippen molar-refractivity contribution in [2.24, 2.45) is 0 Å². The van der Waals surface area contributed by atoms with E-state index < -0.39 is 11.7 Å². The third-order valence-corrected chi connectivity index (χ3v) is 5.71. The van der Waals surface area contributed by atoms with Gasteiger partial charge in [-0.25, -0.2) is 0 Å². The van der Waals surface area contributed by atoms with Crippen LogP contribution in [0.3, 0.4) is 0 Å². The first-order chi connectivity index (χ1) is 17.9. The maximum Gasteiger partial charge on any atom is 0.416 e. The minimum absolute atomic E-state index is 0.0520. The highest BCUT2D eigenvalue weighted by molar-refractivity contribution is 5.93. The van der Waals surface area contributed by atoms with Crippen molar-refractivity contribution in [2.75, 3.05) is 31.6 Å². The van der Waals surface area contributed by atoms with Crippen LogP contribution < -0.4 is 10.6 Å². The van der Waals surface area contributed by atoms with Gasteiger partial charge in [-0.1, -0.05) is 6.07 Å². The molecule has 2 aromatic heterocycles. The molecule has 194 valence electrons. The predicted octanol–water partition coefficient (Wildman–Crippen LogP) is 4.23. The van der Waals surface area contributed by atoms with Crippen molar-refractivity contribution < 1.29 is 17.9 Å². The molecule has 0 aliphatic rings. The predicted molar refractivity (Wildman–Crippen MR) is 132 cm³/mol. The third-order valence-electron chi connectivity index (χ3n) is 5.71. The topological polar surface area (TPSA) is 116 Å². The minimum Gasteiger partial charge on any atom is -0.382 e. The van der Waals surface area contributed by atoms with Crippen molar-refractivity contribution in [3.8, 4) is 11.8 Å². The van der Waals surface area contributed by atoms with Crippen LogP contribution in [-0.4, -0.2) is 51.3 Å². The van der Waals surface area contributed by atoms with Crippen LogP contribution in [0.4, 0.5) is 18.9 Å². The number of nitrogens with zero attached hydrogens (tertiary/aromatic N) is 5. The SMILES string of the molecule is N#CCc1cc(CNCCCCOCCNc2cc(-n3cnnc3)cc3[nH]ncc23)cc(C(F)(F)F)c1. The van der Waals surface area contributed by atoms with E-state index in [-0.39, 0.29) is 6.42 Å². The van der Waals surface area contributed by atoms with Gasteiger partial charge in [0.1, 0.15) is 12.7 Å². The molecule has 0 bridgehead atoms. The van der Waals surface area contributed by atoms with Gasteiger partial charge >= 0.3 is 6.18 Å². The Morgan fingerprint density at radius 2 is 1.81 bits per heavy atom. The lowest BCUT2D eigenvalue weighted by molar-refractivity contribution is -0.137. The van der Waals surface area contributed by atoms with Gasteiger partial charge in [0.25, 0.3) is 0 Å². The van der Waals surface area contributed by atoms with Crippen molar-refractivity contribution in [2.45, 2.75) is 32.0 Å². The number of rotatable bonds is 13. The summed E-state index contributed by atoms with van der Waals surface area (Å²) in [6, 6.07) is 9.68. The van der Waals surface area contributed by atoms with Crippen molar-refractivity contribution in [3.05, 3.63) is 65.9 Å². The fourth-order valence-corrected chi connectivity index (χ4v) is 3.93. The molecule has 0 spiro atoms. The Morgan fingerprint density at radius 3 is 2.59 bits per heavy atom. The molecule has 9 nitrogen and oxygen atoms in total. The molecular formula is C25H27F3N8O. The highest BCUT2D eigenvalue weighted by Crippen LogP contribution is 2.31. The van der Waals surface area contributed by atoms with Crippen LogP contribution in [0.2, 0.25) is 0 Å². The van der Waals surface area contributed by atoms with Crippen molar-refractivity contribution in [3.63, 3.8) is 0 Å². The van der Waals surface area contributed by atoms with Crippen LogP contribution in [0.5, 0.6) is 0 Å². The molecule has 12 heteroatoms. The van der Waals surface area contributed by atoms with Crippen molar-refractivity contribution in [1.29, 1.82) is 5.26 Å². The largest absolute Gasteiger partial charge is 0.416 e. The quantitative estimate of drug-likeness (QED) is 0.230. The number of nitrogens with one attached hydrogen (secondary N) is 3. The molecule has 3 N–H and O–H groups in total.